The van der Waals surface area contributed by atoms with E-state index >= 15 is 0 Å². The lowest BCUT2D eigenvalue weighted by Crippen LogP contribution is -2.40. The predicted octanol–water partition coefficient (Wildman–Crippen LogP) is 2.50. The van der Waals surface area contributed by atoms with Crippen molar-refractivity contribution in [3.63, 3.8) is 0 Å². The van der Waals surface area contributed by atoms with Crippen molar-refractivity contribution in [2.24, 2.45) is 0 Å². The molecule has 0 saturated heterocycles. The average molecular weight is 471 g/mol. The number of nitrogens with one attached hydrogen (secondary N) is 1. The van der Waals surface area contributed by atoms with Crippen molar-refractivity contribution in [3.05, 3.63) is 40.1 Å². The van der Waals surface area contributed by atoms with Crippen LogP contribution >= 0.6 is 11.6 Å². The van der Waals surface area contributed by atoms with Crippen LogP contribution in [-0.2, 0) is 10.0 Å². The molecule has 31 heavy (non-hydrogen) atoms. The summed E-state index contributed by atoms with van der Waals surface area (Å²) < 4.78 is 33.8. The van der Waals surface area contributed by atoms with Crippen molar-refractivity contribution < 1.29 is 17.9 Å². The summed E-state index contributed by atoms with van der Waals surface area (Å²) in [6, 6.07) is 3.89. The van der Waals surface area contributed by atoms with Gasteiger partial charge in [0.15, 0.2) is 0 Å². The van der Waals surface area contributed by atoms with E-state index in [9.17, 15) is 18.0 Å². The van der Waals surface area contributed by atoms with Crippen LogP contribution in [0.5, 0.6) is 5.75 Å². The van der Waals surface area contributed by atoms with Gasteiger partial charge in [-0.15, -0.1) is 16.7 Å². The van der Waals surface area contributed by atoms with E-state index in [1.165, 1.54) is 29.9 Å². The van der Waals surface area contributed by atoms with Crippen molar-refractivity contribution in [1.82, 2.24) is 19.1 Å². The molecule has 1 aliphatic carbocycles. The van der Waals surface area contributed by atoms with Crippen molar-refractivity contribution in [2.75, 3.05) is 13.0 Å². The maximum absolute atomic E-state index is 13.3. The number of hydrogen-bond donors (Lipinski definition) is 1. The maximum Gasteiger partial charge on any atom is 0.361 e. The molecule has 1 saturated carbocycles. The maximum atomic E-state index is 13.3. The number of hydrogen-bond acceptors (Lipinski definition) is 6. The largest absolute Gasteiger partial charge is 0.495 e. The third-order valence-corrected chi connectivity index (χ3v) is 6.86. The van der Waals surface area contributed by atoms with E-state index in [1.54, 1.807) is 6.92 Å². The first kappa shape index (κ1) is 23.3. The van der Waals surface area contributed by atoms with Crippen LogP contribution < -0.4 is 15.7 Å². The molecular weight excluding hydrogens is 444 g/mol. The van der Waals surface area contributed by atoms with Gasteiger partial charge in [0.1, 0.15) is 16.5 Å². The molecule has 1 unspecified atom stereocenters. The Bertz CT molecular complexity index is 1160. The molecule has 0 spiro atoms. The molecule has 9 nitrogen and oxygen atoms in total. The Kier molecular flexibility index (Phi) is 6.25. The zero-order valence-corrected chi connectivity index (χ0v) is 19.7. The SMILES string of the molecule is COc1cc(C(=O)NC(C)(C)C)ccc1S(=O)(=O)n1nc(C(C)CCl)n(C2CC2)c1=O. The average Bonchev–Trinajstić information content (AvgIpc) is 3.47. The van der Waals surface area contributed by atoms with Gasteiger partial charge in [0.2, 0.25) is 0 Å². The molecule has 11 heteroatoms. The van der Waals surface area contributed by atoms with Gasteiger partial charge in [-0.2, -0.15) is 8.42 Å². The van der Waals surface area contributed by atoms with Crippen molar-refractivity contribution in [1.29, 1.82) is 0 Å². The summed E-state index contributed by atoms with van der Waals surface area (Å²) in [4.78, 5) is 25.2. The van der Waals surface area contributed by atoms with Gasteiger partial charge in [0.25, 0.3) is 15.9 Å². The monoisotopic (exact) mass is 470 g/mol. The van der Waals surface area contributed by atoms with Crippen LogP contribution in [-0.4, -0.2) is 46.6 Å². The van der Waals surface area contributed by atoms with Crippen LogP contribution in [0.2, 0.25) is 0 Å². The Morgan fingerprint density at radius 2 is 2.00 bits per heavy atom. The minimum absolute atomic E-state index is 0.0543. The number of benzene rings is 1. The van der Waals surface area contributed by atoms with Crippen LogP contribution in [0.15, 0.2) is 27.9 Å². The van der Waals surface area contributed by atoms with Crippen molar-refractivity contribution >= 4 is 27.5 Å². The molecule has 1 aromatic heterocycles. The second kappa shape index (κ2) is 8.31. The zero-order valence-electron chi connectivity index (χ0n) is 18.2. The van der Waals surface area contributed by atoms with Gasteiger partial charge in [-0.05, 0) is 51.8 Å². The molecule has 1 aliphatic rings. The second-order valence-corrected chi connectivity index (χ2v) is 10.8. The number of ether oxygens (including phenoxy) is 1. The third kappa shape index (κ3) is 4.64. The number of amides is 1. The number of rotatable bonds is 7. The van der Waals surface area contributed by atoms with Crippen LogP contribution in [0.3, 0.4) is 0 Å². The van der Waals surface area contributed by atoms with Gasteiger partial charge in [0.05, 0.1) is 7.11 Å². The van der Waals surface area contributed by atoms with Gasteiger partial charge >= 0.3 is 5.69 Å². The Morgan fingerprint density at radius 3 is 2.52 bits per heavy atom. The Labute approximate surface area is 186 Å². The fourth-order valence-electron chi connectivity index (χ4n) is 3.14. The number of alkyl halides is 1. The van der Waals surface area contributed by atoms with Gasteiger partial charge in [-0.1, -0.05) is 11.0 Å². The highest BCUT2D eigenvalue weighted by Gasteiger charge is 2.35. The summed E-state index contributed by atoms with van der Waals surface area (Å²) >= 11 is 5.94. The highest BCUT2D eigenvalue weighted by atomic mass is 35.5. The fraction of sp³-hybridized carbons (Fsp3) is 0.550. The summed E-state index contributed by atoms with van der Waals surface area (Å²) in [5, 5.41) is 6.94. The number of halogens is 1. The number of nitrogens with zero attached hydrogens (tertiary/aromatic N) is 3. The van der Waals surface area contributed by atoms with E-state index in [1.807, 2.05) is 20.8 Å². The molecule has 170 valence electrons. The lowest BCUT2D eigenvalue weighted by Gasteiger charge is -2.21. The third-order valence-electron chi connectivity index (χ3n) is 4.81. The highest BCUT2D eigenvalue weighted by Crippen LogP contribution is 2.36. The first-order valence-corrected chi connectivity index (χ1v) is 11.9. The standard InChI is InChI=1S/C20H27ClN4O5S/c1-12(11-21)17-23-25(19(27)24(17)14-7-8-14)31(28,29)16-9-6-13(10-15(16)30-5)18(26)22-20(2,3)4/h6,9-10,12,14H,7-8,11H2,1-5H3,(H,22,26). The molecule has 1 atom stereocenters. The normalized spacial score (nSPS) is 15.5. The Morgan fingerprint density at radius 1 is 1.35 bits per heavy atom. The Hall–Kier alpha value is -2.33. The lowest BCUT2D eigenvalue weighted by molar-refractivity contribution is 0.0919. The molecule has 0 radical (unpaired) electrons. The fourth-order valence-corrected chi connectivity index (χ4v) is 4.59. The molecule has 0 bridgehead atoms. The van der Waals surface area contributed by atoms with E-state index in [0.29, 0.717) is 9.91 Å². The quantitative estimate of drug-likeness (QED) is 0.622. The lowest BCUT2D eigenvalue weighted by atomic mass is 10.1. The number of methoxy groups -OCH3 is 1. The molecule has 0 aliphatic heterocycles. The molecule has 1 N–H and O–H groups in total. The number of carbonyl (C=O) groups is 1. The van der Waals surface area contributed by atoms with E-state index in [-0.39, 0.29) is 40.0 Å². The first-order valence-electron chi connectivity index (χ1n) is 9.94. The summed E-state index contributed by atoms with van der Waals surface area (Å²) in [7, 11) is -3.07. The molecular formula is C20H27ClN4O5S. The van der Waals surface area contributed by atoms with Crippen LogP contribution in [0, 0.1) is 0 Å². The number of aromatic nitrogens is 3. The molecule has 3 rings (SSSR count). The zero-order chi connectivity index (χ0) is 23.1. The first-order chi connectivity index (χ1) is 14.4. The highest BCUT2D eigenvalue weighted by molar-refractivity contribution is 7.90. The number of carbonyl (C=O) groups excluding carboxylic acids is 1. The van der Waals surface area contributed by atoms with Crippen LogP contribution in [0.4, 0.5) is 0 Å². The topological polar surface area (TPSA) is 112 Å². The van der Waals surface area contributed by atoms with E-state index < -0.39 is 21.3 Å². The molecule has 1 heterocycles. The summed E-state index contributed by atoms with van der Waals surface area (Å²) in [5.74, 6) is -0.183. The summed E-state index contributed by atoms with van der Waals surface area (Å²) in [5.41, 5.74) is -0.961. The minimum Gasteiger partial charge on any atom is -0.495 e. The van der Waals surface area contributed by atoms with E-state index in [0.717, 1.165) is 12.8 Å². The molecule has 2 aromatic rings. The summed E-state index contributed by atoms with van der Waals surface area (Å²) in [6.07, 6.45) is 1.57. The van der Waals surface area contributed by atoms with Crippen LogP contribution in [0.1, 0.15) is 68.7 Å². The van der Waals surface area contributed by atoms with Gasteiger partial charge < -0.3 is 10.1 Å². The van der Waals surface area contributed by atoms with Gasteiger partial charge in [0, 0.05) is 28.9 Å². The molecule has 1 aromatic carbocycles. The predicted molar refractivity (Wildman–Crippen MR) is 117 cm³/mol. The Balaban J connectivity index is 2.08. The van der Waals surface area contributed by atoms with Crippen molar-refractivity contribution in [2.45, 2.75) is 62.9 Å². The smallest absolute Gasteiger partial charge is 0.361 e. The van der Waals surface area contributed by atoms with E-state index in [4.69, 9.17) is 16.3 Å². The molecule has 1 fully saturated rings. The summed E-state index contributed by atoms with van der Waals surface area (Å²) in [6.45, 7) is 7.29. The van der Waals surface area contributed by atoms with Gasteiger partial charge in [-0.25, -0.2) is 4.79 Å². The van der Waals surface area contributed by atoms with Crippen LogP contribution in [0.25, 0.3) is 0 Å². The molecule has 1 amide bonds. The van der Waals surface area contributed by atoms with Crippen molar-refractivity contribution in [3.8, 4) is 5.75 Å². The minimum atomic E-state index is -4.37. The van der Waals surface area contributed by atoms with E-state index in [2.05, 4.69) is 10.4 Å². The second-order valence-electron chi connectivity index (χ2n) is 8.72. The van der Waals surface area contributed by atoms with Gasteiger partial charge in [-0.3, -0.25) is 9.36 Å².